The van der Waals surface area contributed by atoms with Crippen LogP contribution in [0, 0.1) is 20.8 Å². The Labute approximate surface area is 244 Å². The molecule has 2 N–H and O–H groups in total. The van der Waals surface area contributed by atoms with Gasteiger partial charge in [-0.2, -0.15) is 0 Å². The van der Waals surface area contributed by atoms with Gasteiger partial charge in [0, 0.05) is 40.9 Å². The van der Waals surface area contributed by atoms with Gasteiger partial charge in [-0.3, -0.25) is 9.59 Å². The molecule has 4 aromatic carbocycles. The summed E-state index contributed by atoms with van der Waals surface area (Å²) in [6, 6.07) is 28.6. The lowest BCUT2D eigenvalue weighted by Gasteiger charge is -2.10. The Kier molecular flexibility index (Phi) is 8.31. The number of amides is 2. The first kappa shape index (κ1) is 27.9. The van der Waals surface area contributed by atoms with Gasteiger partial charge in [-0.1, -0.05) is 59.3 Å². The summed E-state index contributed by atoms with van der Waals surface area (Å²) in [5.41, 5.74) is 8.05. The molecule has 8 heteroatoms. The number of anilines is 2. The normalized spacial score (nSPS) is 10.8. The molecule has 206 valence electrons. The average molecular weight is 562 g/mol. The molecule has 0 aliphatic carbocycles. The number of hydrogen-bond acceptors (Lipinski definition) is 5. The number of hydrogen-bond donors (Lipinski definition) is 2. The van der Waals surface area contributed by atoms with Gasteiger partial charge in [0.05, 0.1) is 0 Å². The highest BCUT2D eigenvalue weighted by Gasteiger charge is 2.13. The molecule has 0 saturated heterocycles. The maximum atomic E-state index is 12.7. The van der Waals surface area contributed by atoms with Gasteiger partial charge in [0.1, 0.15) is 0 Å². The summed E-state index contributed by atoms with van der Waals surface area (Å²) >= 11 is 1.58. The van der Waals surface area contributed by atoms with E-state index in [1.165, 1.54) is 0 Å². The first-order valence-electron chi connectivity index (χ1n) is 13.2. The summed E-state index contributed by atoms with van der Waals surface area (Å²) in [7, 11) is 1.94. The second kappa shape index (κ2) is 12.2. The van der Waals surface area contributed by atoms with Gasteiger partial charge in [0.2, 0.25) is 0 Å². The zero-order valence-electron chi connectivity index (χ0n) is 23.4. The molecule has 0 radical (unpaired) electrons. The van der Waals surface area contributed by atoms with E-state index in [9.17, 15) is 9.59 Å². The summed E-state index contributed by atoms with van der Waals surface area (Å²) in [6.07, 6.45) is 0. The Morgan fingerprint density at radius 1 is 0.732 bits per heavy atom. The van der Waals surface area contributed by atoms with Gasteiger partial charge in [-0.05, 0) is 86.5 Å². The van der Waals surface area contributed by atoms with Crippen LogP contribution in [0.3, 0.4) is 0 Å². The standard InChI is InChI=1S/C33H31N5O2S/c1-21-5-10-26(11-6-21)31(39)34-28-16-14-25(15-17-28)30-36-37-33(38(30)4)41-20-24-8-12-27(13-9-24)32(40)35-29-18-7-22(2)19-23(29)3/h5-19H,20H2,1-4H3,(H,34,39)(H,35,40). The lowest BCUT2D eigenvalue weighted by molar-refractivity contribution is 0.101. The average Bonchev–Trinajstić information content (AvgIpc) is 3.34. The number of nitrogens with one attached hydrogen (secondary N) is 2. The van der Waals surface area contributed by atoms with Crippen LogP contribution in [0.4, 0.5) is 11.4 Å². The Hall–Kier alpha value is -4.69. The number of nitrogens with zero attached hydrogens (tertiary/aromatic N) is 3. The SMILES string of the molecule is Cc1ccc(C(=O)Nc2ccc(-c3nnc(SCc4ccc(C(=O)Nc5ccc(C)cc5C)cc4)n3C)cc2)cc1. The minimum Gasteiger partial charge on any atom is -0.322 e. The van der Waals surface area contributed by atoms with Gasteiger partial charge in [0.15, 0.2) is 11.0 Å². The smallest absolute Gasteiger partial charge is 0.255 e. The fourth-order valence-electron chi connectivity index (χ4n) is 4.35. The molecule has 2 amide bonds. The van der Waals surface area contributed by atoms with Crippen molar-refractivity contribution in [2.24, 2.45) is 7.05 Å². The van der Waals surface area contributed by atoms with Gasteiger partial charge in [-0.25, -0.2) is 0 Å². The predicted molar refractivity (Wildman–Crippen MR) is 165 cm³/mol. The Morgan fingerprint density at radius 3 is 2.00 bits per heavy atom. The van der Waals surface area contributed by atoms with Crippen molar-refractivity contribution in [2.45, 2.75) is 31.7 Å². The van der Waals surface area contributed by atoms with Gasteiger partial charge in [0.25, 0.3) is 11.8 Å². The number of thioether (sulfide) groups is 1. The van der Waals surface area contributed by atoms with Crippen molar-refractivity contribution in [3.8, 4) is 11.4 Å². The van der Waals surface area contributed by atoms with E-state index in [4.69, 9.17) is 0 Å². The molecule has 0 saturated carbocycles. The van der Waals surface area contributed by atoms with Crippen LogP contribution >= 0.6 is 11.8 Å². The van der Waals surface area contributed by atoms with Gasteiger partial charge in [-0.15, -0.1) is 10.2 Å². The van der Waals surface area contributed by atoms with E-state index in [1.807, 2.05) is 117 Å². The van der Waals surface area contributed by atoms with E-state index in [2.05, 4.69) is 26.9 Å². The molecule has 5 aromatic rings. The van der Waals surface area contributed by atoms with Gasteiger partial charge < -0.3 is 15.2 Å². The highest BCUT2D eigenvalue weighted by atomic mass is 32.2. The number of aryl methyl sites for hydroxylation is 3. The number of carbonyl (C=O) groups is 2. The maximum absolute atomic E-state index is 12.7. The van der Waals surface area contributed by atoms with E-state index in [0.29, 0.717) is 22.6 Å². The summed E-state index contributed by atoms with van der Waals surface area (Å²) in [4.78, 5) is 25.2. The lowest BCUT2D eigenvalue weighted by Crippen LogP contribution is -2.12. The summed E-state index contributed by atoms with van der Waals surface area (Å²) < 4.78 is 1.95. The highest BCUT2D eigenvalue weighted by molar-refractivity contribution is 7.98. The van der Waals surface area contributed by atoms with Crippen molar-refractivity contribution >= 4 is 35.0 Å². The monoisotopic (exact) mass is 561 g/mol. The van der Waals surface area contributed by atoms with Gasteiger partial charge >= 0.3 is 0 Å². The zero-order chi connectivity index (χ0) is 28.9. The van der Waals surface area contributed by atoms with Crippen LogP contribution in [0.1, 0.15) is 43.0 Å². The Bertz CT molecular complexity index is 1690. The van der Waals surface area contributed by atoms with E-state index in [1.54, 1.807) is 11.8 Å². The van der Waals surface area contributed by atoms with E-state index in [0.717, 1.165) is 44.5 Å². The summed E-state index contributed by atoms with van der Waals surface area (Å²) in [6.45, 7) is 6.01. The third-order valence-corrected chi connectivity index (χ3v) is 7.86. The van der Waals surface area contributed by atoms with E-state index < -0.39 is 0 Å². The van der Waals surface area contributed by atoms with E-state index >= 15 is 0 Å². The van der Waals surface area contributed by atoms with Crippen molar-refractivity contribution in [3.05, 3.63) is 124 Å². The van der Waals surface area contributed by atoms with Crippen molar-refractivity contribution in [3.63, 3.8) is 0 Å². The molecule has 41 heavy (non-hydrogen) atoms. The molecule has 0 fully saturated rings. The number of carbonyl (C=O) groups excluding carboxylic acids is 2. The first-order chi connectivity index (χ1) is 19.8. The molecule has 0 unspecified atom stereocenters. The second-order valence-electron chi connectivity index (χ2n) is 10.0. The minimum atomic E-state index is -0.148. The third kappa shape index (κ3) is 6.73. The summed E-state index contributed by atoms with van der Waals surface area (Å²) in [5.74, 6) is 1.15. The predicted octanol–water partition coefficient (Wildman–Crippen LogP) is 7.20. The zero-order valence-corrected chi connectivity index (χ0v) is 24.3. The molecule has 0 spiro atoms. The Morgan fingerprint density at radius 2 is 1.34 bits per heavy atom. The van der Waals surface area contributed by atoms with Crippen LogP contribution in [0.5, 0.6) is 0 Å². The molecule has 1 aromatic heterocycles. The fourth-order valence-corrected chi connectivity index (χ4v) is 5.22. The molecular weight excluding hydrogens is 530 g/mol. The topological polar surface area (TPSA) is 88.9 Å². The molecule has 0 atom stereocenters. The fraction of sp³-hybridized carbons (Fsp3) is 0.152. The second-order valence-corrected chi connectivity index (χ2v) is 11.0. The van der Waals surface area contributed by atoms with Crippen molar-refractivity contribution < 1.29 is 9.59 Å². The Balaban J connectivity index is 1.18. The molecule has 7 nitrogen and oxygen atoms in total. The van der Waals surface area contributed by atoms with Crippen LogP contribution in [0.2, 0.25) is 0 Å². The molecular formula is C33H31N5O2S. The number of benzene rings is 4. The molecule has 0 aliphatic rings. The largest absolute Gasteiger partial charge is 0.322 e. The highest BCUT2D eigenvalue weighted by Crippen LogP contribution is 2.26. The molecule has 0 aliphatic heterocycles. The maximum Gasteiger partial charge on any atom is 0.255 e. The van der Waals surface area contributed by atoms with Crippen molar-refractivity contribution in [1.82, 2.24) is 14.8 Å². The quantitative estimate of drug-likeness (QED) is 0.196. The van der Waals surface area contributed by atoms with Crippen LogP contribution in [0.15, 0.2) is 96.2 Å². The third-order valence-electron chi connectivity index (χ3n) is 6.76. The van der Waals surface area contributed by atoms with Crippen molar-refractivity contribution in [2.75, 3.05) is 10.6 Å². The van der Waals surface area contributed by atoms with Crippen LogP contribution < -0.4 is 10.6 Å². The minimum absolute atomic E-state index is 0.130. The van der Waals surface area contributed by atoms with E-state index in [-0.39, 0.29) is 11.8 Å². The molecule has 1 heterocycles. The number of rotatable bonds is 8. The summed E-state index contributed by atoms with van der Waals surface area (Å²) in [5, 5.41) is 15.5. The lowest BCUT2D eigenvalue weighted by atomic mass is 10.1. The number of aromatic nitrogens is 3. The molecule has 5 rings (SSSR count). The van der Waals surface area contributed by atoms with Crippen LogP contribution in [-0.4, -0.2) is 26.6 Å². The first-order valence-corrected chi connectivity index (χ1v) is 14.2. The molecule has 0 bridgehead atoms. The van der Waals surface area contributed by atoms with Crippen LogP contribution in [0.25, 0.3) is 11.4 Å². The van der Waals surface area contributed by atoms with Crippen LogP contribution in [-0.2, 0) is 12.8 Å². The van der Waals surface area contributed by atoms with Crippen molar-refractivity contribution in [1.29, 1.82) is 0 Å².